The molecule has 0 fully saturated rings. The Kier molecular flexibility index (Phi) is 13.1. The third kappa shape index (κ3) is 10.0. The van der Waals surface area contributed by atoms with Crippen LogP contribution in [0.2, 0.25) is 5.02 Å². The van der Waals surface area contributed by atoms with Crippen molar-refractivity contribution in [3.05, 3.63) is 63.7 Å². The molecular formula is C32H46ClN3O5. The number of benzene rings is 2. The Bertz CT molecular complexity index is 1170. The van der Waals surface area contributed by atoms with Crippen molar-refractivity contribution in [1.82, 2.24) is 10.2 Å². The Balaban J connectivity index is 2.57. The summed E-state index contributed by atoms with van der Waals surface area (Å²) in [5.41, 5.74) is 2.95. The van der Waals surface area contributed by atoms with Crippen LogP contribution in [0, 0.1) is 20.8 Å². The highest BCUT2D eigenvalue weighted by atomic mass is 35.5. The number of alkyl carbamates (subject to hydrolysis) is 1. The summed E-state index contributed by atoms with van der Waals surface area (Å²) < 4.78 is 5.33. The summed E-state index contributed by atoms with van der Waals surface area (Å²) in [4.78, 5) is 42.3. The van der Waals surface area contributed by atoms with E-state index < -0.39 is 42.2 Å². The van der Waals surface area contributed by atoms with Gasteiger partial charge in [-0.05, 0) is 76.3 Å². The second-order valence-electron chi connectivity index (χ2n) is 11.4. The van der Waals surface area contributed by atoms with E-state index in [4.69, 9.17) is 16.3 Å². The molecule has 2 rings (SSSR count). The van der Waals surface area contributed by atoms with Gasteiger partial charge in [0.05, 0.1) is 17.3 Å². The quantitative estimate of drug-likeness (QED) is 0.228. The van der Waals surface area contributed by atoms with E-state index in [2.05, 4.69) is 17.6 Å². The van der Waals surface area contributed by atoms with Gasteiger partial charge < -0.3 is 25.4 Å². The molecule has 0 bridgehead atoms. The first-order valence-corrected chi connectivity index (χ1v) is 14.7. The van der Waals surface area contributed by atoms with E-state index >= 15 is 0 Å². The van der Waals surface area contributed by atoms with Gasteiger partial charge >= 0.3 is 6.09 Å². The number of aryl methyl sites for hydroxylation is 2. The van der Waals surface area contributed by atoms with Crippen LogP contribution in [-0.4, -0.2) is 52.7 Å². The van der Waals surface area contributed by atoms with Gasteiger partial charge in [0.1, 0.15) is 17.7 Å². The zero-order chi connectivity index (χ0) is 30.7. The van der Waals surface area contributed by atoms with Crippen LogP contribution in [0.1, 0.15) is 88.1 Å². The Morgan fingerprint density at radius 2 is 1.61 bits per heavy atom. The van der Waals surface area contributed by atoms with Crippen molar-refractivity contribution < 1.29 is 24.2 Å². The second-order valence-corrected chi connectivity index (χ2v) is 11.8. The third-order valence-corrected chi connectivity index (χ3v) is 7.24. The minimum absolute atomic E-state index is 0.252. The molecule has 3 N–H and O–H groups in total. The van der Waals surface area contributed by atoms with Crippen LogP contribution >= 0.6 is 11.6 Å². The van der Waals surface area contributed by atoms with E-state index in [9.17, 15) is 19.5 Å². The number of unbranched alkanes of at least 4 members (excludes halogenated alkanes) is 4. The first-order chi connectivity index (χ1) is 19.3. The molecule has 2 unspecified atom stereocenters. The molecule has 2 aromatic carbocycles. The number of carbonyl (C=O) groups is 3. The van der Waals surface area contributed by atoms with Crippen molar-refractivity contribution in [3.8, 4) is 0 Å². The van der Waals surface area contributed by atoms with E-state index in [0.717, 1.165) is 42.4 Å². The summed E-state index contributed by atoms with van der Waals surface area (Å²) in [7, 11) is 0. The highest BCUT2D eigenvalue weighted by Crippen LogP contribution is 2.31. The first-order valence-electron chi connectivity index (χ1n) is 14.3. The van der Waals surface area contributed by atoms with Crippen LogP contribution in [0.5, 0.6) is 0 Å². The number of nitrogens with one attached hydrogen (secondary N) is 2. The van der Waals surface area contributed by atoms with Gasteiger partial charge in [0.15, 0.2) is 0 Å². The molecule has 2 aromatic rings. The molecule has 0 aliphatic rings. The summed E-state index contributed by atoms with van der Waals surface area (Å²) in [6.45, 7) is 12.6. The number of hydrogen-bond donors (Lipinski definition) is 3. The number of anilines is 1. The van der Waals surface area contributed by atoms with Gasteiger partial charge in [-0.1, -0.05) is 74.5 Å². The number of rotatable bonds is 13. The second kappa shape index (κ2) is 15.8. The molecule has 41 heavy (non-hydrogen) atoms. The van der Waals surface area contributed by atoms with Crippen molar-refractivity contribution >= 4 is 35.2 Å². The van der Waals surface area contributed by atoms with Gasteiger partial charge in [0.2, 0.25) is 5.91 Å². The van der Waals surface area contributed by atoms with Gasteiger partial charge in [-0.3, -0.25) is 9.59 Å². The van der Waals surface area contributed by atoms with E-state index in [1.807, 2.05) is 45.0 Å². The van der Waals surface area contributed by atoms with Gasteiger partial charge in [0, 0.05) is 6.54 Å². The van der Waals surface area contributed by atoms with Gasteiger partial charge in [-0.15, -0.1) is 0 Å². The Labute approximate surface area is 249 Å². The molecule has 0 heterocycles. The molecule has 2 atom stereocenters. The fourth-order valence-electron chi connectivity index (χ4n) is 4.59. The molecule has 9 heteroatoms. The van der Waals surface area contributed by atoms with Crippen LogP contribution in [-0.2, 0) is 14.3 Å². The Morgan fingerprint density at radius 3 is 2.22 bits per heavy atom. The average Bonchev–Trinajstić information content (AvgIpc) is 2.89. The van der Waals surface area contributed by atoms with Crippen molar-refractivity contribution in [3.63, 3.8) is 0 Å². The summed E-state index contributed by atoms with van der Waals surface area (Å²) in [6.07, 6.45) is 3.83. The van der Waals surface area contributed by atoms with E-state index in [-0.39, 0.29) is 6.54 Å². The lowest BCUT2D eigenvalue weighted by Crippen LogP contribution is -2.54. The molecule has 0 aliphatic heterocycles. The zero-order valence-electron chi connectivity index (χ0n) is 25.5. The molecule has 226 valence electrons. The molecule has 3 amide bonds. The van der Waals surface area contributed by atoms with Crippen LogP contribution in [0.15, 0.2) is 36.4 Å². The predicted octanol–water partition coefficient (Wildman–Crippen LogP) is 6.63. The Hall–Kier alpha value is -3.10. The van der Waals surface area contributed by atoms with Gasteiger partial charge in [-0.2, -0.15) is 0 Å². The molecule has 8 nitrogen and oxygen atoms in total. The summed E-state index contributed by atoms with van der Waals surface area (Å²) in [6, 6.07) is 8.63. The fourth-order valence-corrected chi connectivity index (χ4v) is 4.86. The number of carbonyl (C=O) groups excluding carboxylic acids is 3. The largest absolute Gasteiger partial charge is 0.444 e. The van der Waals surface area contributed by atoms with Crippen LogP contribution in [0.3, 0.4) is 0 Å². The molecule has 0 aromatic heterocycles. The summed E-state index contributed by atoms with van der Waals surface area (Å²) in [5, 5.41) is 16.0. The molecule has 0 saturated heterocycles. The first kappa shape index (κ1) is 34.1. The van der Waals surface area contributed by atoms with Crippen molar-refractivity contribution in [2.45, 2.75) is 98.3 Å². The third-order valence-electron chi connectivity index (χ3n) is 6.93. The summed E-state index contributed by atoms with van der Waals surface area (Å²) >= 11 is 6.45. The van der Waals surface area contributed by atoms with Crippen LogP contribution in [0.25, 0.3) is 0 Å². The maximum Gasteiger partial charge on any atom is 0.408 e. The minimum Gasteiger partial charge on any atom is -0.444 e. The zero-order valence-corrected chi connectivity index (χ0v) is 26.2. The minimum atomic E-state index is -1.30. The number of aliphatic hydroxyl groups excluding tert-OH is 1. The lowest BCUT2D eigenvalue weighted by atomic mass is 9.94. The van der Waals surface area contributed by atoms with Crippen LogP contribution in [0.4, 0.5) is 10.5 Å². The molecular weight excluding hydrogens is 542 g/mol. The number of para-hydroxylation sites is 1. The van der Waals surface area contributed by atoms with Gasteiger partial charge in [0.25, 0.3) is 5.91 Å². The maximum absolute atomic E-state index is 14.1. The molecule has 0 spiro atoms. The van der Waals surface area contributed by atoms with E-state index in [1.54, 1.807) is 32.9 Å². The summed E-state index contributed by atoms with van der Waals surface area (Å²) in [5.74, 6) is -1.02. The number of nitrogens with zero attached hydrogens (tertiary/aromatic N) is 1. The highest BCUT2D eigenvalue weighted by molar-refractivity contribution is 6.34. The molecule has 0 radical (unpaired) electrons. The normalized spacial score (nSPS) is 12.8. The Morgan fingerprint density at radius 1 is 0.976 bits per heavy atom. The van der Waals surface area contributed by atoms with E-state index in [1.165, 1.54) is 4.90 Å². The fraction of sp³-hybridized carbons (Fsp3) is 0.531. The number of amides is 3. The topological polar surface area (TPSA) is 108 Å². The molecule has 0 aliphatic carbocycles. The maximum atomic E-state index is 14.1. The monoisotopic (exact) mass is 587 g/mol. The number of hydrogen-bond acceptors (Lipinski definition) is 5. The van der Waals surface area contributed by atoms with Gasteiger partial charge in [-0.25, -0.2) is 4.79 Å². The lowest BCUT2D eigenvalue weighted by Gasteiger charge is -2.35. The van der Waals surface area contributed by atoms with Crippen molar-refractivity contribution in [1.29, 1.82) is 0 Å². The predicted molar refractivity (Wildman–Crippen MR) is 164 cm³/mol. The number of ether oxygens (including phenoxy) is 1. The number of aliphatic hydroxyl groups is 1. The highest BCUT2D eigenvalue weighted by Gasteiger charge is 2.37. The smallest absolute Gasteiger partial charge is 0.408 e. The standard InChI is InChI=1S/C32H46ClN3O5/c1-8-9-10-11-12-19-36(30(39)26(20-37)34-31(40)41-32(5,6)7)28(24-17-13-15-21(2)23(24)4)29(38)35-27-22(3)16-14-18-25(27)33/h13-18,26,28,37H,8-12,19-20H2,1-7H3,(H,34,40)(H,35,38). The van der Waals surface area contributed by atoms with Crippen molar-refractivity contribution in [2.75, 3.05) is 18.5 Å². The number of halogens is 1. The average molecular weight is 588 g/mol. The SMILES string of the molecule is CCCCCCCN(C(=O)C(CO)NC(=O)OC(C)(C)C)C(C(=O)Nc1c(C)cccc1Cl)c1cccc(C)c1C. The van der Waals surface area contributed by atoms with Crippen molar-refractivity contribution in [2.24, 2.45) is 0 Å². The molecule has 0 saturated carbocycles. The van der Waals surface area contributed by atoms with Crippen LogP contribution < -0.4 is 10.6 Å². The lowest BCUT2D eigenvalue weighted by molar-refractivity contribution is -0.141. The van der Waals surface area contributed by atoms with E-state index in [0.29, 0.717) is 22.7 Å².